The molecule has 1 heterocycles. The third-order valence-corrected chi connectivity index (χ3v) is 3.38. The molecule has 0 aliphatic carbocycles. The summed E-state index contributed by atoms with van der Waals surface area (Å²) in [7, 11) is 3.88. The Kier molecular flexibility index (Phi) is 19.0. The summed E-state index contributed by atoms with van der Waals surface area (Å²) in [6.07, 6.45) is 1.74. The maximum absolute atomic E-state index is 10.9. The van der Waals surface area contributed by atoms with E-state index in [9.17, 15) is 4.21 Å². The molecule has 0 spiro atoms. The second-order valence-electron chi connectivity index (χ2n) is 3.68. The van der Waals surface area contributed by atoms with Crippen LogP contribution < -0.4 is 0 Å². The highest BCUT2D eigenvalue weighted by molar-refractivity contribution is 8.08. The highest BCUT2D eigenvalue weighted by atomic mass is 35.7. The van der Waals surface area contributed by atoms with Gasteiger partial charge in [0.05, 0.1) is 19.8 Å². The van der Waals surface area contributed by atoms with Crippen molar-refractivity contribution in [2.75, 3.05) is 6.61 Å². The van der Waals surface area contributed by atoms with Gasteiger partial charge in [0.1, 0.15) is 0 Å². The SMILES string of the molecule is CC.CC.CC.O=S(Cl)c1ccn(CCOCc2ccccc2)n1. The van der Waals surface area contributed by atoms with Gasteiger partial charge in [0.15, 0.2) is 15.0 Å². The van der Waals surface area contributed by atoms with Crippen molar-refractivity contribution >= 4 is 20.7 Å². The summed E-state index contributed by atoms with van der Waals surface area (Å²) >= 11 is 0. The minimum absolute atomic E-state index is 0.375. The molecule has 6 heteroatoms. The van der Waals surface area contributed by atoms with Crippen LogP contribution in [0.3, 0.4) is 0 Å². The molecule has 4 nitrogen and oxygen atoms in total. The van der Waals surface area contributed by atoms with Gasteiger partial charge < -0.3 is 4.74 Å². The van der Waals surface area contributed by atoms with Crippen LogP contribution in [-0.2, 0) is 27.9 Å². The van der Waals surface area contributed by atoms with E-state index >= 15 is 0 Å². The minimum Gasteiger partial charge on any atom is -0.375 e. The summed E-state index contributed by atoms with van der Waals surface area (Å²) in [5.74, 6) is 0. The Hall–Kier alpha value is -1.17. The predicted molar refractivity (Wildman–Crippen MR) is 105 cm³/mol. The fourth-order valence-electron chi connectivity index (χ4n) is 1.48. The molecule has 1 unspecified atom stereocenters. The third-order valence-electron chi connectivity index (χ3n) is 2.36. The van der Waals surface area contributed by atoms with Crippen molar-refractivity contribution in [1.29, 1.82) is 0 Å². The average molecular weight is 375 g/mol. The Morgan fingerprint density at radius 2 is 1.62 bits per heavy atom. The third kappa shape index (κ3) is 11.4. The van der Waals surface area contributed by atoms with Gasteiger partial charge in [-0.05, 0) is 22.3 Å². The van der Waals surface area contributed by atoms with Crippen LogP contribution in [0.15, 0.2) is 47.6 Å². The quantitative estimate of drug-likeness (QED) is 0.499. The molecular weight excluding hydrogens is 344 g/mol. The Balaban J connectivity index is 0. The van der Waals surface area contributed by atoms with Gasteiger partial charge in [0, 0.05) is 6.20 Å². The fourth-order valence-corrected chi connectivity index (χ4v) is 2.06. The van der Waals surface area contributed by atoms with Crippen molar-refractivity contribution < 1.29 is 8.95 Å². The van der Waals surface area contributed by atoms with E-state index in [-0.39, 0.29) is 0 Å². The lowest BCUT2D eigenvalue weighted by Crippen LogP contribution is -2.06. The van der Waals surface area contributed by atoms with Crippen LogP contribution in [0.25, 0.3) is 0 Å². The zero-order valence-electron chi connectivity index (χ0n) is 15.7. The summed E-state index contributed by atoms with van der Waals surface area (Å²) in [5, 5.41) is 4.43. The highest BCUT2D eigenvalue weighted by Gasteiger charge is 2.03. The molecule has 24 heavy (non-hydrogen) atoms. The van der Waals surface area contributed by atoms with E-state index in [1.807, 2.05) is 71.9 Å². The largest absolute Gasteiger partial charge is 0.375 e. The molecule has 2 aromatic rings. The molecule has 0 aliphatic rings. The molecule has 0 N–H and O–H groups in total. The Bertz CT molecular complexity index is 519. The van der Waals surface area contributed by atoms with E-state index in [4.69, 9.17) is 15.4 Å². The lowest BCUT2D eigenvalue weighted by atomic mass is 10.2. The maximum Gasteiger partial charge on any atom is 0.168 e. The number of benzene rings is 1. The lowest BCUT2D eigenvalue weighted by Gasteiger charge is -2.04. The molecule has 2 rings (SSSR count). The van der Waals surface area contributed by atoms with E-state index < -0.39 is 10.0 Å². The highest BCUT2D eigenvalue weighted by Crippen LogP contribution is 2.06. The average Bonchev–Trinajstić information content (AvgIpc) is 3.14. The Labute approximate surface area is 154 Å². The second-order valence-corrected chi connectivity index (χ2v) is 5.38. The van der Waals surface area contributed by atoms with Gasteiger partial charge in [-0.2, -0.15) is 5.10 Å². The first-order valence-corrected chi connectivity index (χ1v) is 10.5. The van der Waals surface area contributed by atoms with E-state index in [1.165, 1.54) is 0 Å². The van der Waals surface area contributed by atoms with Crippen molar-refractivity contribution in [2.45, 2.75) is 59.7 Å². The number of nitrogens with zero attached hydrogens (tertiary/aromatic N) is 2. The number of rotatable bonds is 6. The fraction of sp³-hybridized carbons (Fsp3) is 0.500. The molecular formula is C18H31ClN2O2S. The normalized spacial score (nSPS) is 10.1. The second kappa shape index (κ2) is 18.2. The van der Waals surface area contributed by atoms with Gasteiger partial charge in [0.25, 0.3) is 0 Å². The van der Waals surface area contributed by atoms with Gasteiger partial charge >= 0.3 is 0 Å². The Morgan fingerprint density at radius 1 is 1.04 bits per heavy atom. The van der Waals surface area contributed by atoms with Gasteiger partial charge in [-0.1, -0.05) is 71.9 Å². The molecule has 1 atom stereocenters. The molecule has 0 radical (unpaired) electrons. The summed E-state index contributed by atoms with van der Waals surface area (Å²) in [4.78, 5) is 0. The first-order chi connectivity index (χ1) is 11.8. The molecule has 138 valence electrons. The zero-order valence-corrected chi connectivity index (χ0v) is 17.2. The van der Waals surface area contributed by atoms with Crippen LogP contribution in [0.4, 0.5) is 0 Å². The first kappa shape index (κ1) is 25.1. The molecule has 0 saturated heterocycles. The number of aromatic nitrogens is 2. The molecule has 0 saturated carbocycles. The van der Waals surface area contributed by atoms with Gasteiger partial charge in [-0.3, -0.25) is 4.68 Å². The van der Waals surface area contributed by atoms with Crippen LogP contribution in [0.2, 0.25) is 0 Å². The van der Waals surface area contributed by atoms with Crippen LogP contribution in [-0.4, -0.2) is 20.6 Å². The number of halogens is 1. The zero-order chi connectivity index (χ0) is 18.8. The monoisotopic (exact) mass is 374 g/mol. The smallest absolute Gasteiger partial charge is 0.168 e. The van der Waals surface area contributed by atoms with Crippen LogP contribution in [0.5, 0.6) is 0 Å². The number of ether oxygens (including phenoxy) is 1. The van der Waals surface area contributed by atoms with Crippen molar-refractivity contribution in [3.05, 3.63) is 48.2 Å². The van der Waals surface area contributed by atoms with Gasteiger partial charge in [-0.15, -0.1) is 0 Å². The van der Waals surface area contributed by atoms with Crippen LogP contribution in [0.1, 0.15) is 47.1 Å². The van der Waals surface area contributed by atoms with Crippen LogP contribution >= 0.6 is 10.7 Å². The molecule has 0 amide bonds. The maximum atomic E-state index is 10.9. The summed E-state index contributed by atoms with van der Waals surface area (Å²) in [5.41, 5.74) is 1.14. The van der Waals surface area contributed by atoms with Crippen LogP contribution in [0, 0.1) is 0 Å². The summed E-state index contributed by atoms with van der Waals surface area (Å²) in [6.45, 7) is 13.7. The molecule has 0 aliphatic heterocycles. The van der Waals surface area contributed by atoms with Crippen molar-refractivity contribution in [1.82, 2.24) is 9.78 Å². The number of hydrogen-bond acceptors (Lipinski definition) is 3. The predicted octanol–water partition coefficient (Wildman–Crippen LogP) is 5.44. The van der Waals surface area contributed by atoms with E-state index in [2.05, 4.69) is 5.10 Å². The molecule has 0 bridgehead atoms. The van der Waals surface area contributed by atoms with Crippen molar-refractivity contribution in [3.8, 4) is 0 Å². The van der Waals surface area contributed by atoms with E-state index in [0.717, 1.165) is 5.56 Å². The topological polar surface area (TPSA) is 44.1 Å². The molecule has 1 aromatic carbocycles. The lowest BCUT2D eigenvalue weighted by molar-refractivity contribution is 0.110. The standard InChI is InChI=1S/C12H13ClN2O2S.3C2H6/c13-18(16)12-6-7-15(14-12)8-9-17-10-11-4-2-1-3-5-11;3*1-2/h1-7H,8-10H2;3*1-2H3. The van der Waals surface area contributed by atoms with Crippen molar-refractivity contribution in [3.63, 3.8) is 0 Å². The molecule has 1 aromatic heterocycles. The van der Waals surface area contributed by atoms with E-state index in [0.29, 0.717) is 24.8 Å². The first-order valence-electron chi connectivity index (χ1n) is 8.49. The molecule has 0 fully saturated rings. The minimum atomic E-state index is -1.55. The Morgan fingerprint density at radius 3 is 2.12 bits per heavy atom. The summed E-state index contributed by atoms with van der Waals surface area (Å²) < 4.78 is 18.1. The van der Waals surface area contributed by atoms with E-state index in [1.54, 1.807) is 16.9 Å². The summed E-state index contributed by atoms with van der Waals surface area (Å²) in [6, 6.07) is 11.6. The van der Waals surface area contributed by atoms with Gasteiger partial charge in [-0.25, -0.2) is 4.21 Å². The number of hydrogen-bond donors (Lipinski definition) is 0. The van der Waals surface area contributed by atoms with Gasteiger partial charge in [0.2, 0.25) is 0 Å². The van der Waals surface area contributed by atoms with Crippen molar-refractivity contribution in [2.24, 2.45) is 0 Å².